The molecular weight excluding hydrogens is 296 g/mol. The van der Waals surface area contributed by atoms with Crippen LogP contribution in [-0.4, -0.2) is 50.7 Å². The van der Waals surface area contributed by atoms with Crippen molar-refractivity contribution in [2.75, 3.05) is 25.2 Å². The molecular formula is C10H19BrO4S. The molecule has 1 aliphatic heterocycles. The van der Waals surface area contributed by atoms with Gasteiger partial charge in [0, 0.05) is 7.11 Å². The zero-order valence-electron chi connectivity index (χ0n) is 9.85. The third-order valence-electron chi connectivity index (χ3n) is 2.76. The van der Waals surface area contributed by atoms with Gasteiger partial charge in [-0.1, -0.05) is 29.8 Å². The molecule has 0 aromatic carbocycles. The Morgan fingerprint density at radius 3 is 2.38 bits per heavy atom. The molecule has 1 heterocycles. The predicted octanol–water partition coefficient (Wildman–Crippen LogP) is 1.23. The predicted molar refractivity (Wildman–Crippen MR) is 66.7 cm³/mol. The van der Waals surface area contributed by atoms with Gasteiger partial charge in [0.25, 0.3) is 0 Å². The van der Waals surface area contributed by atoms with Gasteiger partial charge >= 0.3 is 0 Å². The Balaban J connectivity index is 2.44. The molecule has 6 heteroatoms. The summed E-state index contributed by atoms with van der Waals surface area (Å²) in [7, 11) is -1.29. The number of methoxy groups -OCH3 is 1. The first-order valence-corrected chi connectivity index (χ1v) is 8.08. The number of rotatable bonds is 5. The number of sulfone groups is 1. The van der Waals surface area contributed by atoms with Gasteiger partial charge in [-0.25, -0.2) is 8.42 Å². The van der Waals surface area contributed by atoms with Crippen molar-refractivity contribution in [1.29, 1.82) is 0 Å². The van der Waals surface area contributed by atoms with Gasteiger partial charge in [0.1, 0.15) is 0 Å². The van der Waals surface area contributed by atoms with Crippen molar-refractivity contribution in [1.82, 2.24) is 0 Å². The number of ether oxygens (including phenoxy) is 2. The smallest absolute Gasteiger partial charge is 0.154 e. The number of hydrogen-bond acceptors (Lipinski definition) is 4. The van der Waals surface area contributed by atoms with Crippen LogP contribution in [0.4, 0.5) is 0 Å². The lowest BCUT2D eigenvalue weighted by Crippen LogP contribution is -2.31. The zero-order valence-corrected chi connectivity index (χ0v) is 12.3. The minimum Gasteiger partial charge on any atom is -0.379 e. The third-order valence-corrected chi connectivity index (χ3v) is 5.80. The first-order valence-electron chi connectivity index (χ1n) is 5.34. The van der Waals surface area contributed by atoms with Crippen LogP contribution in [0.1, 0.15) is 13.8 Å². The molecule has 3 atom stereocenters. The molecule has 16 heavy (non-hydrogen) atoms. The highest BCUT2D eigenvalue weighted by Crippen LogP contribution is 2.23. The Hall–Kier alpha value is 0.350. The van der Waals surface area contributed by atoms with E-state index in [9.17, 15) is 8.42 Å². The van der Waals surface area contributed by atoms with E-state index in [0.29, 0.717) is 12.5 Å². The molecule has 1 aliphatic rings. The second kappa shape index (κ2) is 5.80. The van der Waals surface area contributed by atoms with Crippen molar-refractivity contribution in [2.24, 2.45) is 5.92 Å². The molecule has 0 N–H and O–H groups in total. The van der Waals surface area contributed by atoms with Gasteiger partial charge in [-0.3, -0.25) is 0 Å². The van der Waals surface area contributed by atoms with Crippen molar-refractivity contribution in [3.8, 4) is 0 Å². The lowest BCUT2D eigenvalue weighted by molar-refractivity contribution is -0.0358. The van der Waals surface area contributed by atoms with Gasteiger partial charge in [0.2, 0.25) is 0 Å². The Kier molecular flexibility index (Phi) is 5.22. The molecule has 0 aromatic rings. The van der Waals surface area contributed by atoms with E-state index in [1.165, 1.54) is 0 Å². The van der Waals surface area contributed by atoms with Gasteiger partial charge < -0.3 is 9.47 Å². The quantitative estimate of drug-likeness (QED) is 0.716. The summed E-state index contributed by atoms with van der Waals surface area (Å²) in [4.78, 5) is -0.0952. The Labute approximate surface area is 106 Å². The van der Waals surface area contributed by atoms with E-state index in [4.69, 9.17) is 9.47 Å². The van der Waals surface area contributed by atoms with Crippen LogP contribution in [-0.2, 0) is 19.3 Å². The summed E-state index contributed by atoms with van der Waals surface area (Å²) < 4.78 is 33.6. The lowest BCUT2D eigenvalue weighted by Gasteiger charge is -2.22. The molecule has 1 saturated heterocycles. The summed E-state index contributed by atoms with van der Waals surface area (Å²) in [5.41, 5.74) is 0. The third kappa shape index (κ3) is 3.98. The summed E-state index contributed by atoms with van der Waals surface area (Å²) >= 11 is 3.34. The van der Waals surface area contributed by atoms with Gasteiger partial charge in [-0.15, -0.1) is 0 Å². The highest BCUT2D eigenvalue weighted by Gasteiger charge is 2.37. The van der Waals surface area contributed by atoms with Crippen molar-refractivity contribution in [3.05, 3.63) is 0 Å². The summed E-state index contributed by atoms with van der Waals surface area (Å²) in [6, 6.07) is 0. The zero-order chi connectivity index (χ0) is 12.3. The van der Waals surface area contributed by atoms with Crippen LogP contribution in [0.25, 0.3) is 0 Å². The van der Waals surface area contributed by atoms with Crippen LogP contribution in [0, 0.1) is 5.92 Å². The maximum atomic E-state index is 11.4. The summed E-state index contributed by atoms with van der Waals surface area (Å²) in [6.07, 6.45) is -0.232. The second-order valence-electron chi connectivity index (χ2n) is 4.48. The normalized spacial score (nSPS) is 30.8. The number of alkyl halides is 1. The van der Waals surface area contributed by atoms with Gasteiger partial charge in [0.05, 0.1) is 35.1 Å². The van der Waals surface area contributed by atoms with Crippen LogP contribution < -0.4 is 0 Å². The lowest BCUT2D eigenvalue weighted by atomic mass is 10.1. The highest BCUT2D eigenvalue weighted by atomic mass is 79.9. The van der Waals surface area contributed by atoms with Crippen LogP contribution in [0.5, 0.6) is 0 Å². The molecule has 0 bridgehead atoms. The van der Waals surface area contributed by atoms with Crippen molar-refractivity contribution < 1.29 is 17.9 Å². The Morgan fingerprint density at radius 2 is 2.00 bits per heavy atom. The van der Waals surface area contributed by atoms with Crippen molar-refractivity contribution >= 4 is 25.8 Å². The highest BCUT2D eigenvalue weighted by molar-refractivity contribution is 9.09. The standard InChI is InChI=1S/C10H19BrO4S/c1-7(2)9(14-3)4-15-10-6-16(12,13)5-8(10)11/h7-10H,4-6H2,1-3H3. The average Bonchev–Trinajstić information content (AvgIpc) is 2.40. The second-order valence-corrected chi connectivity index (χ2v) is 7.81. The molecule has 96 valence electrons. The fraction of sp³-hybridized carbons (Fsp3) is 1.00. The van der Waals surface area contributed by atoms with Gasteiger partial charge in [-0.05, 0) is 5.92 Å². The molecule has 4 nitrogen and oxygen atoms in total. The molecule has 1 fully saturated rings. The first kappa shape index (κ1) is 14.4. The largest absolute Gasteiger partial charge is 0.379 e. The maximum Gasteiger partial charge on any atom is 0.154 e. The van der Waals surface area contributed by atoms with Crippen LogP contribution in [0.3, 0.4) is 0 Å². The summed E-state index contributed by atoms with van der Waals surface area (Å²) in [5.74, 6) is 0.630. The summed E-state index contributed by atoms with van der Waals surface area (Å²) in [5, 5.41) is 0. The van der Waals surface area contributed by atoms with Gasteiger partial charge in [0.15, 0.2) is 9.84 Å². The Morgan fingerprint density at radius 1 is 1.38 bits per heavy atom. The molecule has 0 radical (unpaired) electrons. The van der Waals surface area contributed by atoms with E-state index < -0.39 is 9.84 Å². The van der Waals surface area contributed by atoms with Crippen molar-refractivity contribution in [3.63, 3.8) is 0 Å². The van der Waals surface area contributed by atoms with Crippen LogP contribution in [0.2, 0.25) is 0 Å². The van der Waals surface area contributed by atoms with E-state index in [0.717, 1.165) is 0 Å². The number of halogens is 1. The monoisotopic (exact) mass is 314 g/mol. The van der Waals surface area contributed by atoms with E-state index in [-0.39, 0.29) is 28.5 Å². The molecule has 0 amide bonds. The molecule has 3 unspecified atom stereocenters. The summed E-state index contributed by atoms with van der Waals surface area (Å²) in [6.45, 7) is 4.54. The minimum absolute atomic E-state index is 0.0167. The van der Waals surface area contributed by atoms with E-state index in [1.807, 2.05) is 0 Å². The van der Waals surface area contributed by atoms with Crippen LogP contribution in [0.15, 0.2) is 0 Å². The molecule has 0 aliphatic carbocycles. The first-order chi connectivity index (χ1) is 7.35. The molecule has 0 aromatic heterocycles. The van der Waals surface area contributed by atoms with E-state index >= 15 is 0 Å². The number of hydrogen-bond donors (Lipinski definition) is 0. The molecule has 0 spiro atoms. The maximum absolute atomic E-state index is 11.4. The fourth-order valence-corrected chi connectivity index (χ4v) is 5.14. The van der Waals surface area contributed by atoms with Crippen molar-refractivity contribution in [2.45, 2.75) is 30.9 Å². The topological polar surface area (TPSA) is 52.6 Å². The van der Waals surface area contributed by atoms with Crippen LogP contribution >= 0.6 is 15.9 Å². The fourth-order valence-electron chi connectivity index (χ4n) is 1.68. The minimum atomic E-state index is -2.93. The average molecular weight is 315 g/mol. The van der Waals surface area contributed by atoms with E-state index in [2.05, 4.69) is 29.8 Å². The van der Waals surface area contributed by atoms with E-state index in [1.54, 1.807) is 7.11 Å². The Bertz CT molecular complexity index is 315. The molecule has 0 saturated carbocycles. The SMILES string of the molecule is COC(COC1CS(=O)(=O)CC1Br)C(C)C. The molecule has 1 rings (SSSR count). The van der Waals surface area contributed by atoms with Gasteiger partial charge in [-0.2, -0.15) is 0 Å².